The molecule has 4 rings (SSSR count). The number of aryl methyl sites for hydroxylation is 2. The Morgan fingerprint density at radius 3 is 2.28 bits per heavy atom. The number of carboxylic acids is 1. The van der Waals surface area contributed by atoms with E-state index in [4.69, 9.17) is 5.73 Å². The molecule has 39 heavy (non-hydrogen) atoms. The van der Waals surface area contributed by atoms with Gasteiger partial charge in [0.15, 0.2) is 0 Å². The molecule has 0 saturated carbocycles. The third-order valence-corrected chi connectivity index (χ3v) is 7.44. The van der Waals surface area contributed by atoms with E-state index in [-0.39, 0.29) is 22.4 Å². The van der Waals surface area contributed by atoms with Crippen molar-refractivity contribution in [3.8, 4) is 11.3 Å². The van der Waals surface area contributed by atoms with Gasteiger partial charge < -0.3 is 15.7 Å². The van der Waals surface area contributed by atoms with Crippen LogP contribution in [-0.2, 0) is 16.6 Å². The van der Waals surface area contributed by atoms with Gasteiger partial charge in [-0.05, 0) is 55.7 Å². The Morgan fingerprint density at radius 2 is 1.64 bits per heavy atom. The van der Waals surface area contributed by atoms with E-state index in [9.17, 15) is 18.3 Å². The van der Waals surface area contributed by atoms with Crippen molar-refractivity contribution < 1.29 is 18.3 Å². The predicted octanol–water partition coefficient (Wildman–Crippen LogP) is 4.61. The first kappa shape index (κ1) is 27.7. The van der Waals surface area contributed by atoms with Gasteiger partial charge in [0, 0.05) is 30.8 Å². The normalized spacial score (nSPS) is 12.1. The molecular weight excluding hydrogens is 514 g/mol. The first-order chi connectivity index (χ1) is 18.5. The second-order valence-electron chi connectivity index (χ2n) is 9.48. The molecule has 0 radical (unpaired) electrons. The number of hydrogen-bond acceptors (Lipinski definition) is 7. The Bertz CT molecular complexity index is 1570. The molecule has 4 aromatic rings. The van der Waals surface area contributed by atoms with Gasteiger partial charge in [0.25, 0.3) is 10.0 Å². The molecule has 1 aromatic heterocycles. The molecule has 202 valence electrons. The van der Waals surface area contributed by atoms with E-state index in [0.29, 0.717) is 24.6 Å². The van der Waals surface area contributed by atoms with E-state index >= 15 is 0 Å². The lowest BCUT2D eigenvalue weighted by Gasteiger charge is -2.27. The number of aromatic nitrogens is 2. The minimum atomic E-state index is -4.19. The smallest absolute Gasteiger partial charge is 0.335 e. The van der Waals surface area contributed by atoms with Gasteiger partial charge in [-0.15, -0.1) is 0 Å². The molecule has 9 nitrogen and oxygen atoms in total. The van der Waals surface area contributed by atoms with Crippen molar-refractivity contribution in [2.45, 2.75) is 38.3 Å². The molecule has 10 heteroatoms. The monoisotopic (exact) mass is 545 g/mol. The molecular formula is C29H31N5O4S. The summed E-state index contributed by atoms with van der Waals surface area (Å²) in [6.45, 7) is 6.79. The fourth-order valence-corrected chi connectivity index (χ4v) is 5.34. The van der Waals surface area contributed by atoms with E-state index < -0.39 is 16.0 Å². The molecule has 0 aliphatic heterocycles. The zero-order chi connectivity index (χ0) is 28.2. The van der Waals surface area contributed by atoms with Crippen LogP contribution in [0.2, 0.25) is 0 Å². The number of aromatic carboxylic acids is 1. The Labute approximate surface area is 228 Å². The summed E-state index contributed by atoms with van der Waals surface area (Å²) < 4.78 is 29.0. The minimum absolute atomic E-state index is 0.131. The van der Waals surface area contributed by atoms with Crippen LogP contribution in [0.25, 0.3) is 11.3 Å². The zero-order valence-electron chi connectivity index (χ0n) is 22.0. The molecule has 0 amide bonds. The van der Waals surface area contributed by atoms with Gasteiger partial charge in [0.2, 0.25) is 5.95 Å². The van der Waals surface area contributed by atoms with Gasteiger partial charge in [-0.3, -0.25) is 0 Å². The molecule has 0 fully saturated rings. The predicted molar refractivity (Wildman–Crippen MR) is 152 cm³/mol. The minimum Gasteiger partial charge on any atom is -0.478 e. The maximum Gasteiger partial charge on any atom is 0.335 e. The maximum atomic E-state index is 13.3. The molecule has 0 spiro atoms. The van der Waals surface area contributed by atoms with Crippen LogP contribution in [0.4, 0.5) is 11.8 Å². The highest BCUT2D eigenvalue weighted by Crippen LogP contribution is 2.30. The summed E-state index contributed by atoms with van der Waals surface area (Å²) in [5, 5.41) is 9.31. The van der Waals surface area contributed by atoms with Gasteiger partial charge in [-0.1, -0.05) is 54.6 Å². The van der Waals surface area contributed by atoms with Crippen molar-refractivity contribution in [2.24, 2.45) is 5.73 Å². The Hall–Kier alpha value is -4.28. The van der Waals surface area contributed by atoms with Gasteiger partial charge in [0.1, 0.15) is 5.82 Å². The van der Waals surface area contributed by atoms with E-state index in [2.05, 4.69) is 14.7 Å². The van der Waals surface area contributed by atoms with Gasteiger partial charge in [0.05, 0.1) is 16.2 Å². The second-order valence-corrected chi connectivity index (χ2v) is 11.2. The molecule has 1 heterocycles. The van der Waals surface area contributed by atoms with E-state index in [1.54, 1.807) is 0 Å². The molecule has 3 aromatic carbocycles. The fraction of sp³-hybridized carbons (Fsp3) is 0.207. The van der Waals surface area contributed by atoms with Gasteiger partial charge in [-0.2, -0.15) is 4.98 Å². The Balaban J connectivity index is 1.84. The average molecular weight is 546 g/mol. The van der Waals surface area contributed by atoms with Gasteiger partial charge in [-0.25, -0.2) is 22.9 Å². The summed E-state index contributed by atoms with van der Waals surface area (Å²) in [5.41, 5.74) is 10.5. The van der Waals surface area contributed by atoms with Crippen LogP contribution in [0.15, 0.2) is 83.8 Å². The summed E-state index contributed by atoms with van der Waals surface area (Å²) in [6, 6.07) is 22.5. The number of rotatable bonds is 10. The summed E-state index contributed by atoms with van der Waals surface area (Å²) >= 11 is 0. The average Bonchev–Trinajstić information content (AvgIpc) is 2.88. The van der Waals surface area contributed by atoms with Crippen LogP contribution in [0, 0.1) is 13.8 Å². The number of anilines is 2. The summed E-state index contributed by atoms with van der Waals surface area (Å²) in [6.07, 6.45) is 0. The van der Waals surface area contributed by atoms with Crippen molar-refractivity contribution in [1.29, 1.82) is 0 Å². The van der Waals surface area contributed by atoms with Crippen LogP contribution >= 0.6 is 0 Å². The standard InChI is InChI=1S/C29H31N5O4S/c1-19-9-7-10-20(2)27(19)25-16-26(34(17-21(3)30)18-22-11-5-4-6-12-22)32-29(31-25)33-39(37,38)24-14-8-13-23(15-24)28(35)36/h4-16,21H,17-18,30H2,1-3H3,(H,35,36)(H,31,32,33)/t21-/m1/s1. The van der Waals surface area contributed by atoms with E-state index in [0.717, 1.165) is 28.3 Å². The lowest BCUT2D eigenvalue weighted by Crippen LogP contribution is -2.36. The summed E-state index contributed by atoms with van der Waals surface area (Å²) in [7, 11) is -4.19. The quantitative estimate of drug-likeness (QED) is 0.263. The van der Waals surface area contributed by atoms with Crippen LogP contribution in [0.3, 0.4) is 0 Å². The molecule has 0 bridgehead atoms. The number of benzene rings is 3. The molecule has 1 atom stereocenters. The second kappa shape index (κ2) is 11.6. The zero-order valence-corrected chi connectivity index (χ0v) is 22.8. The fourth-order valence-electron chi connectivity index (χ4n) is 4.35. The van der Waals surface area contributed by atoms with Crippen LogP contribution < -0.4 is 15.4 Å². The van der Waals surface area contributed by atoms with Gasteiger partial charge >= 0.3 is 5.97 Å². The highest BCUT2D eigenvalue weighted by atomic mass is 32.2. The maximum absolute atomic E-state index is 13.3. The Morgan fingerprint density at radius 1 is 0.974 bits per heavy atom. The number of sulfonamides is 1. The first-order valence-electron chi connectivity index (χ1n) is 12.4. The number of hydrogen-bond donors (Lipinski definition) is 3. The molecule has 0 unspecified atom stereocenters. The van der Waals surface area contributed by atoms with Crippen molar-refractivity contribution in [3.63, 3.8) is 0 Å². The van der Waals surface area contributed by atoms with Crippen molar-refractivity contribution in [1.82, 2.24) is 9.97 Å². The summed E-state index contributed by atoms with van der Waals surface area (Å²) in [4.78, 5) is 22.4. The third kappa shape index (κ3) is 6.78. The lowest BCUT2D eigenvalue weighted by molar-refractivity contribution is 0.0696. The number of nitrogens with two attached hydrogens (primary N) is 1. The number of carboxylic acid groups (broad SMARTS) is 1. The largest absolute Gasteiger partial charge is 0.478 e. The van der Waals surface area contributed by atoms with Crippen LogP contribution in [-0.4, -0.2) is 42.0 Å². The number of nitrogens with one attached hydrogen (secondary N) is 1. The topological polar surface area (TPSA) is 139 Å². The lowest BCUT2D eigenvalue weighted by atomic mass is 10.00. The first-order valence-corrected chi connectivity index (χ1v) is 13.9. The number of carbonyl (C=O) groups is 1. The summed E-state index contributed by atoms with van der Waals surface area (Å²) in [5.74, 6) is -0.857. The molecule has 0 aliphatic carbocycles. The Kier molecular flexibility index (Phi) is 8.27. The molecule has 0 aliphatic rings. The molecule has 4 N–H and O–H groups in total. The van der Waals surface area contributed by atoms with E-state index in [1.807, 2.05) is 80.3 Å². The third-order valence-electron chi connectivity index (χ3n) is 6.12. The van der Waals surface area contributed by atoms with Crippen LogP contribution in [0.5, 0.6) is 0 Å². The SMILES string of the molecule is Cc1cccc(C)c1-c1cc(N(Cc2ccccc2)C[C@@H](C)N)nc(NS(=O)(=O)c2cccc(C(=O)O)c2)n1. The number of nitrogens with zero attached hydrogens (tertiary/aromatic N) is 3. The molecule has 0 saturated heterocycles. The highest BCUT2D eigenvalue weighted by molar-refractivity contribution is 7.92. The van der Waals surface area contributed by atoms with Crippen LogP contribution in [0.1, 0.15) is 34.0 Å². The highest BCUT2D eigenvalue weighted by Gasteiger charge is 2.21. The van der Waals surface area contributed by atoms with Crippen molar-refractivity contribution in [3.05, 3.63) is 101 Å². The van der Waals surface area contributed by atoms with E-state index in [1.165, 1.54) is 18.2 Å². The van der Waals surface area contributed by atoms with Crippen molar-refractivity contribution in [2.75, 3.05) is 16.2 Å². The van der Waals surface area contributed by atoms with Crippen molar-refractivity contribution >= 4 is 27.8 Å².